The molecule has 0 unspecified atom stereocenters. The molecule has 0 saturated carbocycles. The lowest BCUT2D eigenvalue weighted by Crippen LogP contribution is -2.46. The molecule has 0 spiro atoms. The lowest BCUT2D eigenvalue weighted by Gasteiger charge is -2.37. The number of likely N-dealkylation sites (tertiary alicyclic amines) is 1. The van der Waals surface area contributed by atoms with E-state index in [0.717, 1.165) is 61.4 Å². The van der Waals surface area contributed by atoms with E-state index < -0.39 is 0 Å². The molecule has 0 N–H and O–H groups in total. The highest BCUT2D eigenvalue weighted by Gasteiger charge is 2.27. The molecule has 140 valence electrons. The molecule has 2 heterocycles. The van der Waals surface area contributed by atoms with E-state index in [1.54, 1.807) is 7.11 Å². The molecule has 0 aliphatic carbocycles. The number of piperidine rings is 1. The van der Waals surface area contributed by atoms with Gasteiger partial charge >= 0.3 is 0 Å². The fourth-order valence-electron chi connectivity index (χ4n) is 3.93. The summed E-state index contributed by atoms with van der Waals surface area (Å²) in [6, 6.07) is 8.34. The van der Waals surface area contributed by atoms with E-state index in [1.165, 1.54) is 0 Å². The third-order valence-corrected chi connectivity index (χ3v) is 5.53. The molecular formula is C21H29N3O2. The first-order valence-corrected chi connectivity index (χ1v) is 9.56. The summed E-state index contributed by atoms with van der Waals surface area (Å²) in [5.74, 6) is 0.882. The zero-order chi connectivity index (χ0) is 18.7. The summed E-state index contributed by atoms with van der Waals surface area (Å²) >= 11 is 0. The molecule has 1 amide bonds. The van der Waals surface area contributed by atoms with E-state index in [2.05, 4.69) is 23.7 Å². The predicted molar refractivity (Wildman–Crippen MR) is 105 cm³/mol. The zero-order valence-electron chi connectivity index (χ0n) is 16.3. The lowest BCUT2D eigenvalue weighted by molar-refractivity contribution is 0.0630. The van der Waals surface area contributed by atoms with Crippen molar-refractivity contribution in [2.75, 3.05) is 33.3 Å². The maximum absolute atomic E-state index is 13.1. The highest BCUT2D eigenvalue weighted by molar-refractivity contribution is 5.98. The molecule has 3 rings (SSSR count). The van der Waals surface area contributed by atoms with E-state index in [1.807, 2.05) is 36.1 Å². The summed E-state index contributed by atoms with van der Waals surface area (Å²) in [5.41, 5.74) is 2.35. The maximum Gasteiger partial charge on any atom is 0.255 e. The molecule has 0 atom stereocenters. The molecule has 1 aromatic heterocycles. The minimum atomic E-state index is 0.103. The fraction of sp³-hybridized carbons (Fsp3) is 0.524. The van der Waals surface area contributed by atoms with Crippen molar-refractivity contribution >= 4 is 16.8 Å². The van der Waals surface area contributed by atoms with Crippen LogP contribution in [0.2, 0.25) is 0 Å². The van der Waals surface area contributed by atoms with Gasteiger partial charge in [0.25, 0.3) is 5.91 Å². The van der Waals surface area contributed by atoms with Crippen LogP contribution in [0, 0.1) is 6.92 Å². The van der Waals surface area contributed by atoms with Gasteiger partial charge in [-0.05, 0) is 51.1 Å². The summed E-state index contributed by atoms with van der Waals surface area (Å²) in [6.07, 6.45) is 2.09. The van der Waals surface area contributed by atoms with Gasteiger partial charge in [0.15, 0.2) is 0 Å². The van der Waals surface area contributed by atoms with Gasteiger partial charge in [0, 0.05) is 30.6 Å². The highest BCUT2D eigenvalue weighted by atomic mass is 16.5. The Hall–Kier alpha value is -2.14. The van der Waals surface area contributed by atoms with Crippen LogP contribution < -0.4 is 4.74 Å². The first kappa shape index (κ1) is 18.6. The topological polar surface area (TPSA) is 45.7 Å². The molecule has 0 bridgehead atoms. The Morgan fingerprint density at radius 3 is 2.54 bits per heavy atom. The second-order valence-corrected chi connectivity index (χ2v) is 6.92. The number of hydrogen-bond donors (Lipinski definition) is 0. The average molecular weight is 355 g/mol. The van der Waals surface area contributed by atoms with Crippen molar-refractivity contribution in [2.24, 2.45) is 0 Å². The Morgan fingerprint density at radius 2 is 1.92 bits per heavy atom. The number of carbonyl (C=O) groups is 1. The number of amides is 1. The first-order chi connectivity index (χ1) is 12.6. The van der Waals surface area contributed by atoms with Crippen LogP contribution in [-0.2, 0) is 0 Å². The molecule has 0 radical (unpaired) electrons. The van der Waals surface area contributed by atoms with Crippen LogP contribution in [0.1, 0.15) is 42.7 Å². The molecule has 1 fully saturated rings. The van der Waals surface area contributed by atoms with Gasteiger partial charge in [-0.2, -0.15) is 0 Å². The second-order valence-electron chi connectivity index (χ2n) is 6.92. The van der Waals surface area contributed by atoms with Crippen molar-refractivity contribution in [1.29, 1.82) is 0 Å². The van der Waals surface area contributed by atoms with Gasteiger partial charge < -0.3 is 14.5 Å². The highest BCUT2D eigenvalue weighted by Crippen LogP contribution is 2.24. The Bertz CT molecular complexity index is 778. The van der Waals surface area contributed by atoms with Crippen LogP contribution in [0.4, 0.5) is 0 Å². The molecule has 1 aliphatic heterocycles. The number of ether oxygens (including phenoxy) is 1. The minimum absolute atomic E-state index is 0.103. The van der Waals surface area contributed by atoms with Crippen molar-refractivity contribution in [3.63, 3.8) is 0 Å². The van der Waals surface area contributed by atoms with E-state index in [4.69, 9.17) is 4.74 Å². The van der Waals surface area contributed by atoms with Crippen molar-refractivity contribution < 1.29 is 9.53 Å². The smallest absolute Gasteiger partial charge is 0.255 e. The summed E-state index contributed by atoms with van der Waals surface area (Å²) in [6.45, 7) is 10.1. The fourth-order valence-corrected chi connectivity index (χ4v) is 3.93. The van der Waals surface area contributed by atoms with E-state index >= 15 is 0 Å². The SMILES string of the molecule is CCN(CC)C1CCN(C(=O)c2cc3ccc(OC)cc3nc2C)CC1. The van der Waals surface area contributed by atoms with Crippen LogP contribution in [0.25, 0.3) is 10.9 Å². The number of pyridine rings is 1. The maximum atomic E-state index is 13.1. The number of rotatable bonds is 5. The van der Waals surface area contributed by atoms with Crippen LogP contribution in [-0.4, -0.2) is 60.0 Å². The van der Waals surface area contributed by atoms with Gasteiger partial charge in [0.05, 0.1) is 23.9 Å². The lowest BCUT2D eigenvalue weighted by atomic mass is 10.0. The normalized spacial score (nSPS) is 15.7. The molecule has 2 aromatic rings. The van der Waals surface area contributed by atoms with Gasteiger partial charge in [0.1, 0.15) is 5.75 Å². The third kappa shape index (κ3) is 3.68. The van der Waals surface area contributed by atoms with Crippen LogP contribution >= 0.6 is 0 Å². The summed E-state index contributed by atoms with van der Waals surface area (Å²) in [5, 5.41) is 0.970. The van der Waals surface area contributed by atoms with Gasteiger partial charge in [-0.3, -0.25) is 9.78 Å². The van der Waals surface area contributed by atoms with Gasteiger partial charge in [0.2, 0.25) is 0 Å². The van der Waals surface area contributed by atoms with Crippen molar-refractivity contribution in [3.8, 4) is 5.75 Å². The number of aryl methyl sites for hydroxylation is 1. The van der Waals surface area contributed by atoms with E-state index in [9.17, 15) is 4.79 Å². The number of fused-ring (bicyclic) bond motifs is 1. The quantitative estimate of drug-likeness (QED) is 0.823. The molecule has 1 aromatic carbocycles. The number of hydrogen-bond acceptors (Lipinski definition) is 4. The Kier molecular flexibility index (Phi) is 5.77. The number of nitrogens with zero attached hydrogens (tertiary/aromatic N) is 3. The van der Waals surface area contributed by atoms with Crippen LogP contribution in [0.15, 0.2) is 24.3 Å². The largest absolute Gasteiger partial charge is 0.497 e. The molecule has 26 heavy (non-hydrogen) atoms. The van der Waals surface area contributed by atoms with Gasteiger partial charge in [-0.15, -0.1) is 0 Å². The summed E-state index contributed by atoms with van der Waals surface area (Å²) in [7, 11) is 1.65. The number of methoxy groups -OCH3 is 1. The standard InChI is InChI=1S/C21H29N3O2/c1-5-23(6-2)17-9-11-24(12-10-17)21(25)19-13-16-7-8-18(26-4)14-20(16)22-15(19)3/h7-8,13-14,17H,5-6,9-12H2,1-4H3. The molecule has 1 aliphatic rings. The average Bonchev–Trinajstić information content (AvgIpc) is 2.68. The Balaban J connectivity index is 1.77. The monoisotopic (exact) mass is 355 g/mol. The van der Waals surface area contributed by atoms with Crippen molar-refractivity contribution in [1.82, 2.24) is 14.8 Å². The molecule has 5 nitrogen and oxygen atoms in total. The van der Waals surface area contributed by atoms with Crippen LogP contribution in [0.3, 0.4) is 0 Å². The Labute approximate surface area is 156 Å². The van der Waals surface area contributed by atoms with Gasteiger partial charge in [-0.1, -0.05) is 13.8 Å². The predicted octanol–water partition coefficient (Wildman–Crippen LogP) is 3.50. The van der Waals surface area contributed by atoms with Crippen molar-refractivity contribution in [3.05, 3.63) is 35.5 Å². The molecule has 5 heteroatoms. The van der Waals surface area contributed by atoms with Crippen LogP contribution in [0.5, 0.6) is 5.75 Å². The summed E-state index contributed by atoms with van der Waals surface area (Å²) < 4.78 is 5.26. The van der Waals surface area contributed by atoms with Crippen molar-refractivity contribution in [2.45, 2.75) is 39.7 Å². The number of carbonyl (C=O) groups excluding carboxylic acids is 1. The first-order valence-electron chi connectivity index (χ1n) is 9.56. The zero-order valence-corrected chi connectivity index (χ0v) is 16.3. The Morgan fingerprint density at radius 1 is 1.23 bits per heavy atom. The molecule has 1 saturated heterocycles. The number of aromatic nitrogens is 1. The minimum Gasteiger partial charge on any atom is -0.497 e. The van der Waals surface area contributed by atoms with Gasteiger partial charge in [-0.25, -0.2) is 0 Å². The number of benzene rings is 1. The van der Waals surface area contributed by atoms with E-state index in [-0.39, 0.29) is 5.91 Å². The van der Waals surface area contributed by atoms with E-state index in [0.29, 0.717) is 11.6 Å². The molecular weight excluding hydrogens is 326 g/mol. The summed E-state index contributed by atoms with van der Waals surface area (Å²) in [4.78, 5) is 22.2. The third-order valence-electron chi connectivity index (χ3n) is 5.53. The second kappa shape index (κ2) is 8.04.